The first-order valence-electron chi connectivity index (χ1n) is 7.90. The number of halogens is 3. The summed E-state index contributed by atoms with van der Waals surface area (Å²) in [6.45, 7) is 3.31. The number of aliphatic hydroxyl groups excluding tert-OH is 2. The van der Waals surface area contributed by atoms with E-state index in [1.54, 1.807) is 13.8 Å². The summed E-state index contributed by atoms with van der Waals surface area (Å²) in [5.74, 6) is -0.416. The quantitative estimate of drug-likeness (QED) is 0.574. The maximum Gasteiger partial charge on any atom is 0.437 e. The van der Waals surface area contributed by atoms with E-state index in [0.29, 0.717) is 5.56 Å². The van der Waals surface area contributed by atoms with Crippen molar-refractivity contribution in [2.45, 2.75) is 32.3 Å². The average molecular weight is 371 g/mol. The van der Waals surface area contributed by atoms with E-state index in [0.717, 1.165) is 5.01 Å². The summed E-state index contributed by atoms with van der Waals surface area (Å²) in [5, 5.41) is 33.6. The summed E-state index contributed by atoms with van der Waals surface area (Å²) in [7, 11) is 0. The maximum absolute atomic E-state index is 13.2. The number of benzene rings is 1. The molecule has 0 saturated carbocycles. The fourth-order valence-corrected chi connectivity index (χ4v) is 2.28. The highest BCUT2D eigenvalue weighted by atomic mass is 19.4. The van der Waals surface area contributed by atoms with E-state index in [2.05, 4.69) is 15.4 Å². The van der Waals surface area contributed by atoms with Crippen LogP contribution in [-0.2, 0) is 0 Å². The van der Waals surface area contributed by atoms with Gasteiger partial charge in [-0.3, -0.25) is 10.7 Å². The first kappa shape index (κ1) is 20.0. The second kappa shape index (κ2) is 7.94. The monoisotopic (exact) mass is 371 g/mol. The molecular weight excluding hydrogens is 351 g/mol. The van der Waals surface area contributed by atoms with Crippen molar-refractivity contribution in [3.05, 3.63) is 29.8 Å². The summed E-state index contributed by atoms with van der Waals surface area (Å²) in [6, 6.07) is 5.45. The first-order valence-corrected chi connectivity index (χ1v) is 7.90. The Labute approximate surface area is 148 Å². The summed E-state index contributed by atoms with van der Waals surface area (Å²) in [6.07, 6.45) is -5.74. The Bertz CT molecular complexity index is 714. The van der Waals surface area contributed by atoms with Gasteiger partial charge in [-0.1, -0.05) is 12.1 Å². The third kappa shape index (κ3) is 4.45. The second-order valence-corrected chi connectivity index (χ2v) is 5.87. The molecule has 10 heteroatoms. The Morgan fingerprint density at radius 1 is 1.27 bits per heavy atom. The number of aliphatic imine (C=N–C) groups is 1. The standard InChI is InChI=1S/C16H20F3N5O2/c1-9(2)24-14(20)12(13(23-24)16(17,18)19)22-11-5-3-10(4-6-11)15(26)21-7-8-25/h3-6,9,15,20-21,25-26H,7-8H2,1-2H3. The SMILES string of the molecule is CC(C)N1N=C(C(F)(F)F)C(=Nc2ccc(C(O)NCCO)cc2)C1=N. The highest BCUT2D eigenvalue weighted by Crippen LogP contribution is 2.27. The number of amidine groups is 1. The number of rotatable bonds is 6. The van der Waals surface area contributed by atoms with Gasteiger partial charge in [0.05, 0.1) is 12.3 Å². The molecule has 2 rings (SSSR count). The Morgan fingerprint density at radius 2 is 1.88 bits per heavy atom. The van der Waals surface area contributed by atoms with Crippen LogP contribution in [0.3, 0.4) is 0 Å². The molecule has 1 aliphatic heterocycles. The zero-order valence-electron chi connectivity index (χ0n) is 14.2. The van der Waals surface area contributed by atoms with Gasteiger partial charge < -0.3 is 10.2 Å². The molecule has 0 radical (unpaired) electrons. The average Bonchev–Trinajstić information content (AvgIpc) is 2.90. The molecule has 0 amide bonds. The summed E-state index contributed by atoms with van der Waals surface area (Å²) in [5.41, 5.74) is -1.08. The molecule has 1 aromatic carbocycles. The van der Waals surface area contributed by atoms with Gasteiger partial charge in [-0.2, -0.15) is 18.3 Å². The van der Waals surface area contributed by atoms with E-state index < -0.39 is 35.7 Å². The van der Waals surface area contributed by atoms with Gasteiger partial charge in [-0.15, -0.1) is 0 Å². The Kier molecular flexibility index (Phi) is 6.11. The molecule has 0 aromatic heterocycles. The second-order valence-electron chi connectivity index (χ2n) is 5.87. The fraction of sp³-hybridized carbons (Fsp3) is 0.438. The van der Waals surface area contributed by atoms with E-state index in [-0.39, 0.29) is 18.8 Å². The lowest BCUT2D eigenvalue weighted by Gasteiger charge is -2.17. The van der Waals surface area contributed by atoms with Gasteiger partial charge in [0.1, 0.15) is 11.9 Å². The van der Waals surface area contributed by atoms with Crippen molar-refractivity contribution in [1.82, 2.24) is 10.3 Å². The van der Waals surface area contributed by atoms with Crippen LogP contribution in [0.2, 0.25) is 0 Å². The Hall–Kier alpha value is -2.30. The van der Waals surface area contributed by atoms with E-state index in [9.17, 15) is 18.3 Å². The molecule has 26 heavy (non-hydrogen) atoms. The first-order chi connectivity index (χ1) is 12.1. The minimum Gasteiger partial charge on any atom is -0.395 e. The molecule has 4 N–H and O–H groups in total. The van der Waals surface area contributed by atoms with E-state index in [1.165, 1.54) is 24.3 Å². The maximum atomic E-state index is 13.2. The minimum absolute atomic E-state index is 0.142. The third-order valence-electron chi connectivity index (χ3n) is 3.54. The highest BCUT2D eigenvalue weighted by molar-refractivity contribution is 6.70. The number of hydrogen-bond acceptors (Lipinski definition) is 6. The molecule has 0 fully saturated rings. The Balaban J connectivity index is 2.29. The van der Waals surface area contributed by atoms with Crippen LogP contribution in [0.15, 0.2) is 34.4 Å². The molecule has 1 atom stereocenters. The van der Waals surface area contributed by atoms with Gasteiger partial charge >= 0.3 is 6.18 Å². The molecule has 0 aliphatic carbocycles. The zero-order chi connectivity index (χ0) is 19.5. The van der Waals surface area contributed by atoms with Crippen LogP contribution in [0.4, 0.5) is 18.9 Å². The molecular formula is C16H20F3N5O2. The van der Waals surface area contributed by atoms with Gasteiger partial charge in [0, 0.05) is 12.6 Å². The van der Waals surface area contributed by atoms with Crippen molar-refractivity contribution in [3.8, 4) is 0 Å². The summed E-state index contributed by atoms with van der Waals surface area (Å²) >= 11 is 0. The van der Waals surface area contributed by atoms with E-state index >= 15 is 0 Å². The Morgan fingerprint density at radius 3 is 2.38 bits per heavy atom. The fourth-order valence-electron chi connectivity index (χ4n) is 2.28. The molecule has 1 aromatic rings. The molecule has 1 aliphatic rings. The van der Waals surface area contributed by atoms with Gasteiger partial charge in [0.15, 0.2) is 11.5 Å². The van der Waals surface area contributed by atoms with Crippen molar-refractivity contribution in [2.75, 3.05) is 13.2 Å². The van der Waals surface area contributed by atoms with Crippen molar-refractivity contribution in [1.29, 1.82) is 5.41 Å². The zero-order valence-corrected chi connectivity index (χ0v) is 14.2. The molecule has 0 spiro atoms. The lowest BCUT2D eigenvalue weighted by Crippen LogP contribution is -2.35. The van der Waals surface area contributed by atoms with Crippen LogP contribution in [0.25, 0.3) is 0 Å². The van der Waals surface area contributed by atoms with Crippen LogP contribution in [0.5, 0.6) is 0 Å². The molecule has 7 nitrogen and oxygen atoms in total. The number of nitrogens with one attached hydrogen (secondary N) is 2. The van der Waals surface area contributed by atoms with Crippen LogP contribution >= 0.6 is 0 Å². The van der Waals surface area contributed by atoms with Crippen LogP contribution < -0.4 is 5.32 Å². The molecule has 142 valence electrons. The largest absolute Gasteiger partial charge is 0.437 e. The van der Waals surface area contributed by atoms with Gasteiger partial charge in [0.2, 0.25) is 0 Å². The van der Waals surface area contributed by atoms with Crippen molar-refractivity contribution < 1.29 is 23.4 Å². The third-order valence-corrected chi connectivity index (χ3v) is 3.54. The molecule has 0 bridgehead atoms. The summed E-state index contributed by atoms with van der Waals surface area (Å²) in [4.78, 5) is 3.94. The lowest BCUT2D eigenvalue weighted by molar-refractivity contribution is -0.0571. The molecule has 0 saturated heterocycles. The molecule has 1 unspecified atom stereocenters. The predicted octanol–water partition coefficient (Wildman–Crippen LogP) is 1.95. The van der Waals surface area contributed by atoms with Crippen LogP contribution in [-0.4, -0.2) is 57.9 Å². The number of hydrogen-bond donors (Lipinski definition) is 4. The number of nitrogens with zero attached hydrogens (tertiary/aromatic N) is 3. The van der Waals surface area contributed by atoms with Gasteiger partial charge in [-0.05, 0) is 31.5 Å². The van der Waals surface area contributed by atoms with Crippen molar-refractivity contribution >= 4 is 22.9 Å². The number of aliphatic hydroxyl groups is 2. The summed E-state index contributed by atoms with van der Waals surface area (Å²) < 4.78 is 39.6. The van der Waals surface area contributed by atoms with Gasteiger partial charge in [0.25, 0.3) is 0 Å². The number of hydrazone groups is 1. The van der Waals surface area contributed by atoms with Crippen molar-refractivity contribution in [3.63, 3.8) is 0 Å². The van der Waals surface area contributed by atoms with Crippen LogP contribution in [0.1, 0.15) is 25.6 Å². The minimum atomic E-state index is -4.72. The van der Waals surface area contributed by atoms with Crippen molar-refractivity contribution in [2.24, 2.45) is 10.1 Å². The lowest BCUT2D eigenvalue weighted by atomic mass is 10.1. The number of alkyl halides is 3. The van der Waals surface area contributed by atoms with Crippen LogP contribution in [0, 0.1) is 5.41 Å². The van der Waals surface area contributed by atoms with Gasteiger partial charge in [-0.25, -0.2) is 10.0 Å². The van der Waals surface area contributed by atoms with E-state index in [1.807, 2.05) is 0 Å². The predicted molar refractivity (Wildman–Crippen MR) is 91.8 cm³/mol. The normalized spacial score (nSPS) is 18.0. The smallest absolute Gasteiger partial charge is 0.395 e. The van der Waals surface area contributed by atoms with E-state index in [4.69, 9.17) is 10.5 Å². The molecule has 1 heterocycles. The highest BCUT2D eigenvalue weighted by Gasteiger charge is 2.46. The topological polar surface area (TPSA) is 104 Å².